The summed E-state index contributed by atoms with van der Waals surface area (Å²) in [6, 6.07) is 10.0. The number of amides is 1. The molecule has 1 aliphatic rings. The van der Waals surface area contributed by atoms with Gasteiger partial charge < -0.3 is 4.90 Å². The third-order valence-corrected chi connectivity index (χ3v) is 6.33. The number of carbonyl (C=O) groups excluding carboxylic acids is 1. The Balaban J connectivity index is 1.75. The van der Waals surface area contributed by atoms with Gasteiger partial charge in [0.15, 0.2) is 0 Å². The Hall–Kier alpha value is -1.70. The molecule has 0 atom stereocenters. The molecule has 1 fully saturated rings. The molecule has 1 aliphatic heterocycles. The topological polar surface area (TPSA) is 66.5 Å². The molecule has 0 aliphatic carbocycles. The average molecular weight is 364 g/mol. The highest BCUT2D eigenvalue weighted by Crippen LogP contribution is 2.17. The monoisotopic (exact) mass is 364 g/mol. The predicted molar refractivity (Wildman–Crippen MR) is 94.5 cm³/mol. The number of carbonyl (C=O) groups is 1. The zero-order valence-electron chi connectivity index (χ0n) is 13.3. The first kappa shape index (κ1) is 17.1. The van der Waals surface area contributed by atoms with E-state index in [9.17, 15) is 13.2 Å². The van der Waals surface area contributed by atoms with Gasteiger partial charge in [-0.1, -0.05) is 12.1 Å². The van der Waals surface area contributed by atoms with Crippen molar-refractivity contribution in [3.63, 3.8) is 0 Å². The van der Waals surface area contributed by atoms with Crippen molar-refractivity contribution in [2.45, 2.75) is 30.7 Å². The Morgan fingerprint density at radius 2 is 1.92 bits per heavy atom. The predicted octanol–water partition coefficient (Wildman–Crippen LogP) is 2.85. The van der Waals surface area contributed by atoms with Crippen LogP contribution in [0.2, 0.25) is 0 Å². The fourth-order valence-electron chi connectivity index (χ4n) is 2.74. The number of hydrogen-bond donors (Lipinski definition) is 1. The molecule has 0 spiro atoms. The van der Waals surface area contributed by atoms with Crippen LogP contribution in [0.15, 0.2) is 46.7 Å². The van der Waals surface area contributed by atoms with Gasteiger partial charge in [0, 0.05) is 30.1 Å². The maximum atomic E-state index is 12.5. The van der Waals surface area contributed by atoms with Gasteiger partial charge in [0.2, 0.25) is 10.0 Å². The fraction of sp³-hybridized carbons (Fsp3) is 0.353. The minimum absolute atomic E-state index is 0.0926. The van der Waals surface area contributed by atoms with Crippen LogP contribution in [-0.4, -0.2) is 32.3 Å². The molecule has 1 amide bonds. The van der Waals surface area contributed by atoms with Crippen molar-refractivity contribution < 1.29 is 13.2 Å². The molecule has 5 nitrogen and oxygen atoms in total. The Labute approximate surface area is 146 Å². The van der Waals surface area contributed by atoms with Gasteiger partial charge in [-0.15, -0.1) is 11.3 Å². The van der Waals surface area contributed by atoms with Crippen molar-refractivity contribution in [2.75, 3.05) is 13.1 Å². The number of hydrogen-bond acceptors (Lipinski definition) is 4. The summed E-state index contributed by atoms with van der Waals surface area (Å²) >= 11 is 1.50. The summed E-state index contributed by atoms with van der Waals surface area (Å²) < 4.78 is 27.5. The molecule has 1 N–H and O–H groups in total. The highest BCUT2D eigenvalue weighted by molar-refractivity contribution is 7.89. The maximum Gasteiger partial charge on any atom is 0.253 e. The van der Waals surface area contributed by atoms with Crippen LogP contribution in [0.1, 0.15) is 34.5 Å². The summed E-state index contributed by atoms with van der Waals surface area (Å²) in [5.74, 6) is -0.0926. The van der Waals surface area contributed by atoms with Gasteiger partial charge in [-0.05, 0) is 48.9 Å². The summed E-state index contributed by atoms with van der Waals surface area (Å²) in [5, 5.41) is 1.90. The lowest BCUT2D eigenvalue weighted by atomic mass is 10.1. The molecule has 128 valence electrons. The average Bonchev–Trinajstić information content (AvgIpc) is 3.14. The second-order valence-electron chi connectivity index (χ2n) is 5.78. The molecule has 1 saturated heterocycles. The third kappa shape index (κ3) is 4.03. The molecule has 0 radical (unpaired) electrons. The van der Waals surface area contributed by atoms with Crippen LogP contribution in [-0.2, 0) is 16.6 Å². The Bertz CT molecular complexity index is 795. The first-order valence-electron chi connectivity index (χ1n) is 7.98. The van der Waals surface area contributed by atoms with Crippen LogP contribution < -0.4 is 4.72 Å². The standard InChI is InChI=1S/C17H20N2O3S2/c20-17(19-9-2-1-3-10-19)14-6-4-8-16(12-14)24(21,22)18-13-15-7-5-11-23-15/h4-8,11-12,18H,1-3,9-10,13H2. The highest BCUT2D eigenvalue weighted by atomic mass is 32.2. The summed E-state index contributed by atoms with van der Waals surface area (Å²) in [4.78, 5) is 15.4. The van der Waals surface area contributed by atoms with Crippen LogP contribution in [0, 0.1) is 0 Å². The zero-order valence-corrected chi connectivity index (χ0v) is 14.9. The lowest BCUT2D eigenvalue weighted by molar-refractivity contribution is 0.0724. The number of rotatable bonds is 5. The second-order valence-corrected chi connectivity index (χ2v) is 8.58. The van der Waals surface area contributed by atoms with E-state index in [4.69, 9.17) is 0 Å². The SMILES string of the molecule is O=C(c1cccc(S(=O)(=O)NCc2cccs2)c1)N1CCCCC1. The smallest absolute Gasteiger partial charge is 0.253 e. The highest BCUT2D eigenvalue weighted by Gasteiger charge is 2.21. The third-order valence-electron chi connectivity index (χ3n) is 4.05. The Kier molecular flexibility index (Phi) is 5.33. The molecule has 0 saturated carbocycles. The van der Waals surface area contributed by atoms with Gasteiger partial charge in [-0.2, -0.15) is 0 Å². The van der Waals surface area contributed by atoms with E-state index in [1.807, 2.05) is 17.5 Å². The van der Waals surface area contributed by atoms with Crippen molar-refractivity contribution in [2.24, 2.45) is 0 Å². The number of likely N-dealkylation sites (tertiary alicyclic amines) is 1. The fourth-order valence-corrected chi connectivity index (χ4v) is 4.53. The van der Waals surface area contributed by atoms with Gasteiger partial charge in [0.1, 0.15) is 0 Å². The van der Waals surface area contributed by atoms with Crippen molar-refractivity contribution in [3.8, 4) is 0 Å². The summed E-state index contributed by atoms with van der Waals surface area (Å²) in [7, 11) is -3.64. The van der Waals surface area contributed by atoms with E-state index in [2.05, 4.69) is 4.72 Å². The second kappa shape index (κ2) is 7.46. The lowest BCUT2D eigenvalue weighted by Crippen LogP contribution is -2.35. The van der Waals surface area contributed by atoms with E-state index in [0.29, 0.717) is 5.56 Å². The van der Waals surface area contributed by atoms with E-state index < -0.39 is 10.0 Å². The number of nitrogens with zero attached hydrogens (tertiary/aromatic N) is 1. The molecule has 1 aromatic carbocycles. The van der Waals surface area contributed by atoms with Crippen molar-refractivity contribution in [1.82, 2.24) is 9.62 Å². The Morgan fingerprint density at radius 1 is 1.12 bits per heavy atom. The van der Waals surface area contributed by atoms with E-state index in [1.54, 1.807) is 17.0 Å². The van der Waals surface area contributed by atoms with Crippen LogP contribution in [0.5, 0.6) is 0 Å². The molecular formula is C17H20N2O3S2. The van der Waals surface area contributed by atoms with Crippen LogP contribution in [0.25, 0.3) is 0 Å². The van der Waals surface area contributed by atoms with Crippen molar-refractivity contribution >= 4 is 27.3 Å². The van der Waals surface area contributed by atoms with Crippen LogP contribution in [0.3, 0.4) is 0 Å². The number of piperidine rings is 1. The lowest BCUT2D eigenvalue weighted by Gasteiger charge is -2.26. The minimum atomic E-state index is -3.64. The number of nitrogens with one attached hydrogen (secondary N) is 1. The van der Waals surface area contributed by atoms with Crippen molar-refractivity contribution in [1.29, 1.82) is 0 Å². The summed E-state index contributed by atoms with van der Waals surface area (Å²) in [5.41, 5.74) is 0.427. The van der Waals surface area contributed by atoms with E-state index in [1.165, 1.54) is 23.5 Å². The Morgan fingerprint density at radius 3 is 2.62 bits per heavy atom. The van der Waals surface area contributed by atoms with E-state index in [-0.39, 0.29) is 17.3 Å². The van der Waals surface area contributed by atoms with Gasteiger partial charge in [-0.25, -0.2) is 13.1 Å². The molecule has 2 aromatic rings. The van der Waals surface area contributed by atoms with Gasteiger partial charge in [-0.3, -0.25) is 4.79 Å². The summed E-state index contributed by atoms with van der Waals surface area (Å²) in [6.07, 6.45) is 3.16. The molecule has 3 rings (SSSR count). The summed E-state index contributed by atoms with van der Waals surface area (Å²) in [6.45, 7) is 1.74. The zero-order chi connectivity index (χ0) is 17.0. The number of thiophene rings is 1. The molecule has 24 heavy (non-hydrogen) atoms. The quantitative estimate of drug-likeness (QED) is 0.887. The molecule has 7 heteroatoms. The van der Waals surface area contributed by atoms with Gasteiger partial charge in [0.25, 0.3) is 5.91 Å². The number of sulfonamides is 1. The molecule has 0 bridgehead atoms. The first-order valence-corrected chi connectivity index (χ1v) is 10.3. The largest absolute Gasteiger partial charge is 0.339 e. The maximum absolute atomic E-state index is 12.5. The molecule has 1 aromatic heterocycles. The minimum Gasteiger partial charge on any atom is -0.339 e. The van der Waals surface area contributed by atoms with Crippen LogP contribution in [0.4, 0.5) is 0 Å². The molecular weight excluding hydrogens is 344 g/mol. The van der Waals surface area contributed by atoms with E-state index in [0.717, 1.165) is 37.2 Å². The molecule has 0 unspecified atom stereocenters. The first-order chi connectivity index (χ1) is 11.6. The van der Waals surface area contributed by atoms with Crippen LogP contribution >= 0.6 is 11.3 Å². The van der Waals surface area contributed by atoms with Gasteiger partial charge >= 0.3 is 0 Å². The molecule has 2 heterocycles. The van der Waals surface area contributed by atoms with Crippen molar-refractivity contribution in [3.05, 3.63) is 52.2 Å². The van der Waals surface area contributed by atoms with E-state index >= 15 is 0 Å². The number of benzene rings is 1. The normalized spacial score (nSPS) is 15.4. The van der Waals surface area contributed by atoms with Gasteiger partial charge in [0.05, 0.1) is 4.90 Å².